The summed E-state index contributed by atoms with van der Waals surface area (Å²) in [6.45, 7) is 3.21. The van der Waals surface area contributed by atoms with E-state index in [0.29, 0.717) is 24.9 Å². The first kappa shape index (κ1) is 23.9. The van der Waals surface area contributed by atoms with Gasteiger partial charge >= 0.3 is 18.4 Å². The zero-order valence-corrected chi connectivity index (χ0v) is 18.9. The molecule has 11 heteroatoms. The van der Waals surface area contributed by atoms with Crippen molar-refractivity contribution in [2.45, 2.75) is 58.0 Å². The van der Waals surface area contributed by atoms with E-state index in [4.69, 9.17) is 4.74 Å². The number of aromatic nitrogens is 2. The van der Waals surface area contributed by atoms with Gasteiger partial charge in [0.2, 0.25) is 0 Å². The van der Waals surface area contributed by atoms with Crippen molar-refractivity contribution in [1.82, 2.24) is 14.5 Å². The Morgan fingerprint density at radius 3 is 2.85 bits per heavy atom. The van der Waals surface area contributed by atoms with Crippen LogP contribution in [0.15, 0.2) is 24.5 Å². The first-order valence-electron chi connectivity index (χ1n) is 11.0. The average molecular weight is 478 g/mol. The number of carbonyl (C=O) groups is 2. The zero-order valence-electron chi connectivity index (χ0n) is 18.9. The molecule has 4 rings (SSSR count). The van der Waals surface area contributed by atoms with Crippen LogP contribution in [0.5, 0.6) is 0 Å². The normalized spacial score (nSPS) is 23.2. The fourth-order valence-corrected chi connectivity index (χ4v) is 4.99. The highest BCUT2D eigenvalue weighted by Crippen LogP contribution is 2.41. The van der Waals surface area contributed by atoms with E-state index in [1.54, 1.807) is 24.5 Å². The molecule has 1 aromatic heterocycles. The number of fused-ring (bicyclic) bond motifs is 1. The Kier molecular flexibility index (Phi) is 5.96. The molecule has 1 amide bonds. The molecule has 182 valence electrons. The standard InChI is InChI=1S/C23H25F3N4O4/c1-21(2,19(31)33-23(24,25)26)12-30-13-22(34-20(30)32)7-3-4-16(9-22)11-29-14-28-17-6-5-15(10-27)8-18(17)29/h5-6,8,14,16H,3-4,7,9,11-13H2,1-2H3/t16-,22-/m0/s1. The molecule has 2 aliphatic rings. The summed E-state index contributed by atoms with van der Waals surface area (Å²) in [4.78, 5) is 30.2. The van der Waals surface area contributed by atoms with Gasteiger partial charge in [-0.2, -0.15) is 5.26 Å². The molecule has 8 nitrogen and oxygen atoms in total. The van der Waals surface area contributed by atoms with Crippen LogP contribution in [0, 0.1) is 22.7 Å². The van der Waals surface area contributed by atoms with Crippen LogP contribution in [0.25, 0.3) is 11.0 Å². The first-order valence-corrected chi connectivity index (χ1v) is 11.0. The first-order chi connectivity index (χ1) is 15.9. The number of ether oxygens (including phenoxy) is 2. The predicted octanol–water partition coefficient (Wildman–Crippen LogP) is 4.38. The Balaban J connectivity index is 1.44. The number of benzene rings is 1. The Bertz CT molecular complexity index is 1150. The molecular weight excluding hydrogens is 453 g/mol. The van der Waals surface area contributed by atoms with E-state index >= 15 is 0 Å². The smallest absolute Gasteiger partial charge is 0.441 e. The number of halogens is 3. The molecule has 0 radical (unpaired) electrons. The largest absolute Gasteiger partial charge is 0.575 e. The fraction of sp³-hybridized carbons (Fsp3) is 0.565. The molecule has 1 saturated carbocycles. The second kappa shape index (κ2) is 8.49. The predicted molar refractivity (Wildman–Crippen MR) is 113 cm³/mol. The lowest BCUT2D eigenvalue weighted by molar-refractivity contribution is -0.310. The molecule has 1 aliphatic carbocycles. The summed E-state index contributed by atoms with van der Waals surface area (Å²) < 4.78 is 48.7. The van der Waals surface area contributed by atoms with Gasteiger partial charge in [-0.25, -0.2) is 9.78 Å². The van der Waals surface area contributed by atoms with Crippen molar-refractivity contribution in [3.8, 4) is 6.07 Å². The number of esters is 1. The molecule has 34 heavy (non-hydrogen) atoms. The average Bonchev–Trinajstić information content (AvgIpc) is 3.26. The number of alkyl halides is 3. The van der Waals surface area contributed by atoms with Crippen LogP contribution < -0.4 is 0 Å². The third kappa shape index (κ3) is 4.95. The minimum atomic E-state index is -5.08. The topological polar surface area (TPSA) is 97.5 Å². The maximum absolute atomic E-state index is 12.6. The van der Waals surface area contributed by atoms with E-state index in [9.17, 15) is 28.0 Å². The number of carbonyl (C=O) groups excluding carboxylic acids is 2. The number of nitriles is 1. The van der Waals surface area contributed by atoms with Crippen molar-refractivity contribution in [3.05, 3.63) is 30.1 Å². The molecule has 0 unspecified atom stereocenters. The second-order valence-corrected chi connectivity index (χ2v) is 9.80. The van der Waals surface area contributed by atoms with Crippen molar-refractivity contribution in [2.75, 3.05) is 13.1 Å². The van der Waals surface area contributed by atoms with Gasteiger partial charge in [-0.3, -0.25) is 4.79 Å². The Morgan fingerprint density at radius 2 is 2.15 bits per heavy atom. The molecule has 1 spiro atoms. The molecule has 0 N–H and O–H groups in total. The number of hydrogen-bond donors (Lipinski definition) is 0. The van der Waals surface area contributed by atoms with Gasteiger partial charge < -0.3 is 18.9 Å². The molecule has 2 aromatic rings. The zero-order chi connectivity index (χ0) is 24.7. The van der Waals surface area contributed by atoms with Gasteiger partial charge in [0.15, 0.2) is 0 Å². The molecule has 2 heterocycles. The molecular formula is C23H25F3N4O4. The van der Waals surface area contributed by atoms with Gasteiger partial charge in [-0.15, -0.1) is 13.2 Å². The summed E-state index contributed by atoms with van der Waals surface area (Å²) in [6, 6.07) is 7.44. The maximum Gasteiger partial charge on any atom is 0.575 e. The highest BCUT2D eigenvalue weighted by atomic mass is 19.4. The number of imidazole rings is 1. The SMILES string of the molecule is CC(C)(CN1C[C@@]2(CCC[C@H](Cn3cnc4ccc(C#N)cc43)C2)OC1=O)C(=O)OC(F)(F)F. The number of hydrogen-bond acceptors (Lipinski definition) is 6. The number of rotatable bonds is 5. The minimum Gasteiger partial charge on any atom is -0.441 e. The second-order valence-electron chi connectivity index (χ2n) is 9.80. The molecule has 2 atom stereocenters. The molecule has 2 fully saturated rings. The van der Waals surface area contributed by atoms with Crippen LogP contribution in [-0.2, 0) is 20.8 Å². The van der Waals surface area contributed by atoms with Crippen molar-refractivity contribution < 1.29 is 32.2 Å². The van der Waals surface area contributed by atoms with E-state index in [2.05, 4.69) is 15.8 Å². The van der Waals surface area contributed by atoms with E-state index < -0.39 is 29.4 Å². The van der Waals surface area contributed by atoms with Crippen LogP contribution in [0.2, 0.25) is 0 Å². The van der Waals surface area contributed by atoms with Crippen molar-refractivity contribution in [3.63, 3.8) is 0 Å². The van der Waals surface area contributed by atoms with Gasteiger partial charge in [0, 0.05) is 13.1 Å². The Morgan fingerprint density at radius 1 is 1.38 bits per heavy atom. The lowest BCUT2D eigenvalue weighted by Gasteiger charge is -2.36. The Labute approximate surface area is 194 Å². The van der Waals surface area contributed by atoms with E-state index in [0.717, 1.165) is 23.9 Å². The van der Waals surface area contributed by atoms with E-state index in [1.807, 2.05) is 4.57 Å². The van der Waals surface area contributed by atoms with Crippen LogP contribution in [0.1, 0.15) is 45.1 Å². The molecule has 0 bridgehead atoms. The van der Waals surface area contributed by atoms with Gasteiger partial charge in [0.25, 0.3) is 0 Å². The lowest BCUT2D eigenvalue weighted by atomic mass is 9.77. The van der Waals surface area contributed by atoms with Crippen molar-refractivity contribution >= 4 is 23.1 Å². The number of nitrogens with zero attached hydrogens (tertiary/aromatic N) is 4. The Hall–Kier alpha value is -3.29. The molecule has 1 aromatic carbocycles. The van der Waals surface area contributed by atoms with Crippen molar-refractivity contribution in [1.29, 1.82) is 5.26 Å². The summed E-state index contributed by atoms with van der Waals surface area (Å²) in [5.41, 5.74) is -0.119. The van der Waals surface area contributed by atoms with Gasteiger partial charge in [-0.05, 0) is 63.6 Å². The van der Waals surface area contributed by atoms with Crippen LogP contribution >= 0.6 is 0 Å². The summed E-state index contributed by atoms with van der Waals surface area (Å²) in [7, 11) is 0. The van der Waals surface area contributed by atoms with Gasteiger partial charge in [0.05, 0.1) is 41.0 Å². The molecule has 1 saturated heterocycles. The third-order valence-electron chi connectivity index (χ3n) is 6.50. The molecule has 1 aliphatic heterocycles. The summed E-state index contributed by atoms with van der Waals surface area (Å²) in [5, 5.41) is 9.19. The van der Waals surface area contributed by atoms with Crippen LogP contribution in [-0.4, -0.2) is 51.6 Å². The third-order valence-corrected chi connectivity index (χ3v) is 6.50. The highest BCUT2D eigenvalue weighted by Gasteiger charge is 2.50. The monoisotopic (exact) mass is 478 g/mol. The summed E-state index contributed by atoms with van der Waals surface area (Å²) in [5.74, 6) is -1.27. The summed E-state index contributed by atoms with van der Waals surface area (Å²) >= 11 is 0. The lowest BCUT2D eigenvalue weighted by Crippen LogP contribution is -2.44. The summed E-state index contributed by atoms with van der Waals surface area (Å²) in [6.07, 6.45) is -1.03. The minimum absolute atomic E-state index is 0.174. The maximum atomic E-state index is 12.6. The fourth-order valence-electron chi connectivity index (χ4n) is 4.99. The van der Waals surface area contributed by atoms with Crippen molar-refractivity contribution in [2.24, 2.45) is 11.3 Å². The van der Waals surface area contributed by atoms with E-state index in [-0.39, 0.29) is 19.0 Å². The van der Waals surface area contributed by atoms with Gasteiger partial charge in [0.1, 0.15) is 5.60 Å². The van der Waals surface area contributed by atoms with Gasteiger partial charge in [-0.1, -0.05) is 0 Å². The number of amides is 1. The van der Waals surface area contributed by atoms with E-state index in [1.165, 1.54) is 18.7 Å². The van der Waals surface area contributed by atoms with Crippen LogP contribution in [0.3, 0.4) is 0 Å². The quantitative estimate of drug-likeness (QED) is 0.592. The van der Waals surface area contributed by atoms with Crippen LogP contribution in [0.4, 0.5) is 18.0 Å². The highest BCUT2D eigenvalue weighted by molar-refractivity contribution is 5.78.